The van der Waals surface area contributed by atoms with Gasteiger partial charge in [0.15, 0.2) is 0 Å². The second-order valence-corrected chi connectivity index (χ2v) is 7.64. The van der Waals surface area contributed by atoms with Crippen LogP contribution >= 0.6 is 15.9 Å². The monoisotopic (exact) mass is 412 g/mol. The fraction of sp³-hybridized carbons (Fsp3) is 0.333. The minimum atomic E-state index is -0.326. The number of carbonyl (C=O) groups is 1. The second kappa shape index (κ2) is 8.37. The lowest BCUT2D eigenvalue weighted by atomic mass is 9.86. The van der Waals surface area contributed by atoms with Crippen LogP contribution in [-0.4, -0.2) is 11.9 Å². The Morgan fingerprint density at radius 2 is 1.96 bits per heavy atom. The average molecular weight is 413 g/mol. The van der Waals surface area contributed by atoms with Gasteiger partial charge in [-0.05, 0) is 43.0 Å². The number of halogens is 1. The first-order valence-corrected chi connectivity index (χ1v) is 9.64. The Labute approximate surface area is 162 Å². The van der Waals surface area contributed by atoms with Crippen LogP contribution in [0.2, 0.25) is 0 Å². The lowest BCUT2D eigenvalue weighted by molar-refractivity contribution is -0.118. The zero-order chi connectivity index (χ0) is 18.5. The Kier molecular flexibility index (Phi) is 5.95. The molecule has 1 aromatic carbocycles. The zero-order valence-electron chi connectivity index (χ0n) is 14.7. The number of amides is 1. The number of furan rings is 1. The molecule has 0 aliphatic heterocycles. The van der Waals surface area contributed by atoms with Crippen LogP contribution in [-0.2, 0) is 4.79 Å². The summed E-state index contributed by atoms with van der Waals surface area (Å²) in [6.45, 7) is 2.15. The molecule has 5 heteroatoms. The molecule has 2 aromatic rings. The quantitative estimate of drug-likeness (QED) is 0.546. The maximum atomic E-state index is 12.5. The number of hydrogen-bond acceptors (Lipinski definition) is 3. The van der Waals surface area contributed by atoms with Gasteiger partial charge in [-0.2, -0.15) is 5.26 Å². The molecule has 0 radical (unpaired) electrons. The van der Waals surface area contributed by atoms with E-state index in [-0.39, 0.29) is 17.5 Å². The molecule has 1 fully saturated rings. The third-order valence-electron chi connectivity index (χ3n) is 4.84. The summed E-state index contributed by atoms with van der Waals surface area (Å²) in [6.07, 6.45) is 5.92. The summed E-state index contributed by atoms with van der Waals surface area (Å²) in [5, 5.41) is 12.4. The van der Waals surface area contributed by atoms with Crippen molar-refractivity contribution in [2.75, 3.05) is 0 Å². The van der Waals surface area contributed by atoms with Crippen molar-refractivity contribution in [3.63, 3.8) is 0 Å². The van der Waals surface area contributed by atoms with Crippen molar-refractivity contribution >= 4 is 27.9 Å². The SMILES string of the molecule is CC1CCCCC1NC(=O)C(C#N)=Cc1ccc(-c2ccc(Br)cc2)o1. The highest BCUT2D eigenvalue weighted by atomic mass is 79.9. The predicted molar refractivity (Wildman–Crippen MR) is 105 cm³/mol. The minimum absolute atomic E-state index is 0.0690. The standard InChI is InChI=1S/C21H21BrN2O2/c1-14-4-2-3-5-19(14)24-21(25)16(13-23)12-18-10-11-20(26-18)15-6-8-17(22)9-7-15/h6-12,14,19H,2-5H2,1H3,(H,24,25). The third-order valence-corrected chi connectivity index (χ3v) is 5.36. The first-order valence-electron chi connectivity index (χ1n) is 8.85. The number of rotatable bonds is 4. The summed E-state index contributed by atoms with van der Waals surface area (Å²) in [4.78, 5) is 12.5. The molecular weight excluding hydrogens is 392 g/mol. The van der Waals surface area contributed by atoms with Gasteiger partial charge in [-0.3, -0.25) is 4.79 Å². The summed E-state index contributed by atoms with van der Waals surface area (Å²) in [7, 11) is 0. The Bertz CT molecular complexity index is 846. The molecule has 0 bridgehead atoms. The molecule has 1 aliphatic rings. The van der Waals surface area contributed by atoms with Crippen molar-refractivity contribution in [1.29, 1.82) is 5.26 Å². The van der Waals surface area contributed by atoms with Crippen molar-refractivity contribution < 1.29 is 9.21 Å². The van der Waals surface area contributed by atoms with E-state index >= 15 is 0 Å². The normalized spacial score (nSPS) is 20.4. The highest BCUT2D eigenvalue weighted by Gasteiger charge is 2.24. The highest BCUT2D eigenvalue weighted by molar-refractivity contribution is 9.10. The van der Waals surface area contributed by atoms with E-state index in [2.05, 4.69) is 28.2 Å². The summed E-state index contributed by atoms with van der Waals surface area (Å²) >= 11 is 3.41. The van der Waals surface area contributed by atoms with Gasteiger partial charge in [0.1, 0.15) is 23.2 Å². The van der Waals surface area contributed by atoms with E-state index in [9.17, 15) is 10.1 Å². The number of hydrogen-bond donors (Lipinski definition) is 1. The lowest BCUT2D eigenvalue weighted by Gasteiger charge is -2.29. The van der Waals surface area contributed by atoms with E-state index in [4.69, 9.17) is 4.42 Å². The largest absolute Gasteiger partial charge is 0.457 e. The summed E-state index contributed by atoms with van der Waals surface area (Å²) in [5.74, 6) is 1.31. The van der Waals surface area contributed by atoms with Crippen molar-refractivity contribution in [3.05, 3.63) is 52.2 Å². The van der Waals surface area contributed by atoms with Crippen LogP contribution in [0.25, 0.3) is 17.4 Å². The number of nitriles is 1. The third kappa shape index (κ3) is 4.44. The smallest absolute Gasteiger partial charge is 0.262 e. The van der Waals surface area contributed by atoms with Gasteiger partial charge in [0.25, 0.3) is 5.91 Å². The van der Waals surface area contributed by atoms with Gasteiger partial charge in [0, 0.05) is 22.2 Å². The molecule has 1 aromatic heterocycles. The predicted octanol–water partition coefficient (Wildman–Crippen LogP) is 5.31. The maximum Gasteiger partial charge on any atom is 0.262 e. The van der Waals surface area contributed by atoms with Crippen LogP contribution in [0.4, 0.5) is 0 Å². The number of carbonyl (C=O) groups excluding carboxylic acids is 1. The summed E-state index contributed by atoms with van der Waals surface area (Å²) in [5.41, 5.74) is 1.01. The molecule has 4 nitrogen and oxygen atoms in total. The van der Waals surface area contributed by atoms with Crippen LogP contribution in [0.15, 0.2) is 50.9 Å². The van der Waals surface area contributed by atoms with Gasteiger partial charge in [0.2, 0.25) is 0 Å². The van der Waals surface area contributed by atoms with Gasteiger partial charge in [-0.25, -0.2) is 0 Å². The molecule has 0 saturated heterocycles. The fourth-order valence-corrected chi connectivity index (χ4v) is 3.53. The molecule has 3 rings (SSSR count). The molecule has 1 saturated carbocycles. The first kappa shape index (κ1) is 18.5. The molecule has 1 aliphatic carbocycles. The average Bonchev–Trinajstić information content (AvgIpc) is 3.10. The van der Waals surface area contributed by atoms with Gasteiger partial charge in [-0.1, -0.05) is 47.8 Å². The van der Waals surface area contributed by atoms with Crippen molar-refractivity contribution in [2.24, 2.45) is 5.92 Å². The van der Waals surface area contributed by atoms with E-state index in [1.165, 1.54) is 12.5 Å². The van der Waals surface area contributed by atoms with Gasteiger partial charge in [-0.15, -0.1) is 0 Å². The van der Waals surface area contributed by atoms with Crippen molar-refractivity contribution in [2.45, 2.75) is 38.6 Å². The van der Waals surface area contributed by atoms with Gasteiger partial charge < -0.3 is 9.73 Å². The molecule has 2 unspecified atom stereocenters. The van der Waals surface area contributed by atoms with Crippen LogP contribution in [0.5, 0.6) is 0 Å². The molecule has 1 heterocycles. The van der Waals surface area contributed by atoms with E-state index in [1.807, 2.05) is 36.4 Å². The van der Waals surface area contributed by atoms with Gasteiger partial charge in [0.05, 0.1) is 0 Å². The Hall–Kier alpha value is -2.32. The number of nitrogens with one attached hydrogen (secondary N) is 1. The highest BCUT2D eigenvalue weighted by Crippen LogP contribution is 2.26. The maximum absolute atomic E-state index is 12.5. The van der Waals surface area contributed by atoms with Crippen LogP contribution in [0.1, 0.15) is 38.4 Å². The van der Waals surface area contributed by atoms with E-state index in [0.29, 0.717) is 17.4 Å². The number of benzene rings is 1. The Morgan fingerprint density at radius 1 is 1.23 bits per heavy atom. The molecular formula is C21H21BrN2O2. The first-order chi connectivity index (χ1) is 12.6. The Morgan fingerprint density at radius 3 is 2.65 bits per heavy atom. The fourth-order valence-electron chi connectivity index (χ4n) is 3.27. The van der Waals surface area contributed by atoms with Crippen LogP contribution < -0.4 is 5.32 Å². The van der Waals surface area contributed by atoms with Crippen molar-refractivity contribution in [3.8, 4) is 17.4 Å². The van der Waals surface area contributed by atoms with E-state index in [1.54, 1.807) is 6.07 Å². The summed E-state index contributed by atoms with van der Waals surface area (Å²) < 4.78 is 6.77. The van der Waals surface area contributed by atoms with Gasteiger partial charge >= 0.3 is 0 Å². The molecule has 1 N–H and O–H groups in total. The van der Waals surface area contributed by atoms with Crippen molar-refractivity contribution in [1.82, 2.24) is 5.32 Å². The summed E-state index contributed by atoms with van der Waals surface area (Å²) in [6, 6.07) is 13.5. The molecule has 26 heavy (non-hydrogen) atoms. The lowest BCUT2D eigenvalue weighted by Crippen LogP contribution is -2.41. The second-order valence-electron chi connectivity index (χ2n) is 6.72. The minimum Gasteiger partial charge on any atom is -0.457 e. The molecule has 1 amide bonds. The zero-order valence-corrected chi connectivity index (χ0v) is 16.3. The Balaban J connectivity index is 1.73. The molecule has 134 valence electrons. The van der Waals surface area contributed by atoms with E-state index in [0.717, 1.165) is 29.3 Å². The molecule has 0 spiro atoms. The topological polar surface area (TPSA) is 66.0 Å². The van der Waals surface area contributed by atoms with E-state index < -0.39 is 0 Å². The van der Waals surface area contributed by atoms with Crippen LogP contribution in [0, 0.1) is 17.2 Å². The van der Waals surface area contributed by atoms with Crippen LogP contribution in [0.3, 0.4) is 0 Å². The molecule has 2 atom stereocenters. The number of nitrogens with zero attached hydrogens (tertiary/aromatic N) is 1.